The molecule has 0 radical (unpaired) electrons. The van der Waals surface area contributed by atoms with Crippen molar-refractivity contribution in [1.82, 2.24) is 4.98 Å². The highest BCUT2D eigenvalue weighted by molar-refractivity contribution is 9.09. The van der Waals surface area contributed by atoms with Crippen LogP contribution >= 0.6 is 15.9 Å². The Labute approximate surface area is 98.3 Å². The van der Waals surface area contributed by atoms with E-state index in [1.54, 1.807) is 6.07 Å². The summed E-state index contributed by atoms with van der Waals surface area (Å²) < 4.78 is 5.23. The summed E-state index contributed by atoms with van der Waals surface area (Å²) in [6, 6.07) is 3.66. The summed E-state index contributed by atoms with van der Waals surface area (Å²) in [6.07, 6.45) is 0.878. The van der Waals surface area contributed by atoms with Crippen molar-refractivity contribution in [1.29, 1.82) is 0 Å². The molecule has 84 valence electrons. The Hall–Kier alpha value is -0.770. The van der Waals surface area contributed by atoms with E-state index in [0.29, 0.717) is 5.69 Å². The maximum atomic E-state index is 11.6. The molecule has 0 bridgehead atoms. The number of aromatic amines is 1. The lowest BCUT2D eigenvalue weighted by Crippen LogP contribution is -2.24. The molecule has 1 N–H and O–H groups in total. The summed E-state index contributed by atoms with van der Waals surface area (Å²) in [4.78, 5) is 14.6. The largest absolute Gasteiger partial charge is 0.455 e. The zero-order chi connectivity index (χ0) is 11.5. The molecule has 1 aromatic heterocycles. The predicted octanol–water partition coefficient (Wildman–Crippen LogP) is 2.91. The third kappa shape index (κ3) is 4.08. The maximum Gasteiger partial charge on any atom is 0.355 e. The van der Waals surface area contributed by atoms with Crippen LogP contribution in [-0.4, -0.2) is 21.9 Å². The van der Waals surface area contributed by atoms with Crippen molar-refractivity contribution in [3.8, 4) is 0 Å². The SMILES string of the molecule is CC(C)(C)OC(=O)c1ccc(CCBr)[nH]1. The van der Waals surface area contributed by atoms with Crippen LogP contribution < -0.4 is 0 Å². The highest BCUT2D eigenvalue weighted by Gasteiger charge is 2.18. The summed E-state index contributed by atoms with van der Waals surface area (Å²) in [7, 11) is 0. The van der Waals surface area contributed by atoms with E-state index >= 15 is 0 Å². The molecule has 0 amide bonds. The molecular weight excluding hydrogens is 258 g/mol. The molecule has 0 saturated heterocycles. The van der Waals surface area contributed by atoms with Gasteiger partial charge in [-0.15, -0.1) is 0 Å². The van der Waals surface area contributed by atoms with Crippen LogP contribution in [0.3, 0.4) is 0 Å². The molecule has 0 atom stereocenters. The lowest BCUT2D eigenvalue weighted by atomic mass is 10.2. The zero-order valence-electron chi connectivity index (χ0n) is 9.26. The van der Waals surface area contributed by atoms with Crippen molar-refractivity contribution >= 4 is 21.9 Å². The minimum Gasteiger partial charge on any atom is -0.455 e. The summed E-state index contributed by atoms with van der Waals surface area (Å²) in [5.74, 6) is -0.302. The second kappa shape index (κ2) is 4.84. The molecule has 1 heterocycles. The highest BCUT2D eigenvalue weighted by atomic mass is 79.9. The van der Waals surface area contributed by atoms with Gasteiger partial charge >= 0.3 is 5.97 Å². The predicted molar refractivity (Wildman–Crippen MR) is 63.5 cm³/mol. The van der Waals surface area contributed by atoms with E-state index in [1.165, 1.54) is 0 Å². The summed E-state index contributed by atoms with van der Waals surface area (Å²) in [5, 5.41) is 0.876. The van der Waals surface area contributed by atoms with Gasteiger partial charge in [0.15, 0.2) is 0 Å². The minimum atomic E-state index is -0.447. The molecule has 0 aliphatic rings. The lowest BCUT2D eigenvalue weighted by Gasteiger charge is -2.18. The van der Waals surface area contributed by atoms with Gasteiger partial charge in [-0.05, 0) is 39.3 Å². The number of hydrogen-bond donors (Lipinski definition) is 1. The second-order valence-electron chi connectivity index (χ2n) is 4.34. The van der Waals surface area contributed by atoms with Crippen LogP contribution in [0.2, 0.25) is 0 Å². The Morgan fingerprint density at radius 3 is 2.67 bits per heavy atom. The molecule has 0 spiro atoms. The van der Waals surface area contributed by atoms with Gasteiger partial charge in [0, 0.05) is 11.0 Å². The molecule has 0 saturated carbocycles. The van der Waals surface area contributed by atoms with Gasteiger partial charge in [-0.25, -0.2) is 4.79 Å². The maximum absolute atomic E-state index is 11.6. The lowest BCUT2D eigenvalue weighted by molar-refractivity contribution is 0.00634. The number of halogens is 1. The number of aryl methyl sites for hydroxylation is 1. The molecule has 0 aromatic carbocycles. The van der Waals surface area contributed by atoms with Crippen molar-refractivity contribution in [3.63, 3.8) is 0 Å². The number of esters is 1. The number of ether oxygens (including phenoxy) is 1. The first-order chi connectivity index (χ1) is 6.92. The first kappa shape index (κ1) is 12.3. The van der Waals surface area contributed by atoms with Gasteiger partial charge in [0.05, 0.1) is 0 Å². The van der Waals surface area contributed by atoms with Crippen LogP contribution in [0.25, 0.3) is 0 Å². The highest BCUT2D eigenvalue weighted by Crippen LogP contribution is 2.12. The molecule has 1 aromatic rings. The number of nitrogens with one attached hydrogen (secondary N) is 1. The number of carbonyl (C=O) groups is 1. The van der Waals surface area contributed by atoms with Crippen molar-refractivity contribution in [2.45, 2.75) is 32.8 Å². The standard InChI is InChI=1S/C11H16BrNO2/c1-11(2,3)15-10(14)9-5-4-8(13-9)6-7-12/h4-5,13H,6-7H2,1-3H3. The number of aromatic nitrogens is 1. The van der Waals surface area contributed by atoms with Crippen molar-refractivity contribution in [2.75, 3.05) is 5.33 Å². The molecule has 0 aliphatic heterocycles. The van der Waals surface area contributed by atoms with Gasteiger partial charge in [-0.3, -0.25) is 0 Å². The molecule has 15 heavy (non-hydrogen) atoms. The summed E-state index contributed by atoms with van der Waals surface area (Å²) in [5.41, 5.74) is 1.10. The van der Waals surface area contributed by atoms with Gasteiger partial charge in [0.1, 0.15) is 11.3 Å². The average Bonchev–Trinajstić information content (AvgIpc) is 2.50. The van der Waals surface area contributed by atoms with Crippen LogP contribution in [0, 0.1) is 0 Å². The molecule has 0 fully saturated rings. The van der Waals surface area contributed by atoms with Crippen LogP contribution in [0.4, 0.5) is 0 Å². The van der Waals surface area contributed by atoms with Crippen LogP contribution in [0.5, 0.6) is 0 Å². The fraction of sp³-hybridized carbons (Fsp3) is 0.545. The fourth-order valence-corrected chi connectivity index (χ4v) is 1.57. The van der Waals surface area contributed by atoms with E-state index in [1.807, 2.05) is 26.8 Å². The van der Waals surface area contributed by atoms with E-state index in [9.17, 15) is 4.79 Å². The zero-order valence-corrected chi connectivity index (χ0v) is 10.8. The Morgan fingerprint density at radius 2 is 2.13 bits per heavy atom. The van der Waals surface area contributed by atoms with E-state index in [4.69, 9.17) is 4.74 Å². The van der Waals surface area contributed by atoms with Crippen molar-refractivity contribution in [3.05, 3.63) is 23.5 Å². The van der Waals surface area contributed by atoms with E-state index in [0.717, 1.165) is 17.4 Å². The van der Waals surface area contributed by atoms with Gasteiger partial charge in [0.25, 0.3) is 0 Å². The molecular formula is C11H16BrNO2. The number of H-pyrrole nitrogens is 1. The molecule has 0 aliphatic carbocycles. The van der Waals surface area contributed by atoms with Crippen molar-refractivity contribution in [2.24, 2.45) is 0 Å². The monoisotopic (exact) mass is 273 g/mol. The van der Waals surface area contributed by atoms with E-state index < -0.39 is 5.60 Å². The third-order valence-corrected chi connectivity index (χ3v) is 2.13. The number of hydrogen-bond acceptors (Lipinski definition) is 2. The normalized spacial score (nSPS) is 11.5. The fourth-order valence-electron chi connectivity index (χ4n) is 1.14. The first-order valence-electron chi connectivity index (χ1n) is 4.89. The van der Waals surface area contributed by atoms with Crippen LogP contribution in [0.1, 0.15) is 37.0 Å². The van der Waals surface area contributed by atoms with Crippen LogP contribution in [0.15, 0.2) is 12.1 Å². The number of rotatable bonds is 3. The quantitative estimate of drug-likeness (QED) is 0.680. The smallest absolute Gasteiger partial charge is 0.355 e. The molecule has 1 rings (SSSR count). The summed E-state index contributed by atoms with van der Waals surface area (Å²) >= 11 is 3.35. The molecule has 0 unspecified atom stereocenters. The Morgan fingerprint density at radius 1 is 1.47 bits per heavy atom. The Balaban J connectivity index is 2.66. The van der Waals surface area contributed by atoms with E-state index in [-0.39, 0.29) is 5.97 Å². The first-order valence-corrected chi connectivity index (χ1v) is 6.02. The van der Waals surface area contributed by atoms with Gasteiger partial charge in [0.2, 0.25) is 0 Å². The Kier molecular flexibility index (Phi) is 3.97. The van der Waals surface area contributed by atoms with Gasteiger partial charge in [-0.2, -0.15) is 0 Å². The molecule has 4 heteroatoms. The third-order valence-electron chi connectivity index (χ3n) is 1.73. The number of carbonyl (C=O) groups excluding carboxylic acids is 1. The second-order valence-corrected chi connectivity index (χ2v) is 5.13. The van der Waals surface area contributed by atoms with Gasteiger partial charge in [-0.1, -0.05) is 15.9 Å². The van der Waals surface area contributed by atoms with Gasteiger partial charge < -0.3 is 9.72 Å². The Bertz CT molecular complexity index is 339. The minimum absolute atomic E-state index is 0.302. The molecule has 3 nitrogen and oxygen atoms in total. The van der Waals surface area contributed by atoms with E-state index in [2.05, 4.69) is 20.9 Å². The van der Waals surface area contributed by atoms with Crippen molar-refractivity contribution < 1.29 is 9.53 Å². The van der Waals surface area contributed by atoms with Crippen LogP contribution in [-0.2, 0) is 11.2 Å². The number of alkyl halides is 1. The average molecular weight is 274 g/mol. The topological polar surface area (TPSA) is 42.1 Å². The summed E-state index contributed by atoms with van der Waals surface area (Å²) in [6.45, 7) is 5.56.